The number of nitrogens with zero attached hydrogens (tertiary/aromatic N) is 3. The third kappa shape index (κ3) is 6.92. The van der Waals surface area contributed by atoms with E-state index in [-0.39, 0.29) is 6.10 Å². The van der Waals surface area contributed by atoms with Crippen molar-refractivity contribution in [2.24, 2.45) is 5.92 Å². The molecule has 5 nitrogen and oxygen atoms in total. The number of aliphatic hydroxyl groups excluding tert-OH is 1. The average Bonchev–Trinajstić information content (AvgIpc) is 2.50. The maximum atomic E-state index is 9.46. The predicted octanol–water partition coefficient (Wildman–Crippen LogP) is 0.733. The summed E-state index contributed by atoms with van der Waals surface area (Å²) >= 11 is 0. The van der Waals surface area contributed by atoms with E-state index in [0.717, 1.165) is 51.9 Å². The molecule has 2 fully saturated rings. The average molecular weight is 313 g/mol. The van der Waals surface area contributed by atoms with E-state index < -0.39 is 0 Å². The summed E-state index contributed by atoms with van der Waals surface area (Å²) in [5.41, 5.74) is 0. The van der Waals surface area contributed by atoms with E-state index in [4.69, 9.17) is 4.74 Å². The van der Waals surface area contributed by atoms with Crippen molar-refractivity contribution in [3.63, 3.8) is 0 Å². The molecule has 2 rings (SSSR count). The van der Waals surface area contributed by atoms with Crippen molar-refractivity contribution in [1.82, 2.24) is 14.7 Å². The zero-order valence-electron chi connectivity index (χ0n) is 14.5. The minimum Gasteiger partial charge on any atom is -0.392 e. The second-order valence-electron chi connectivity index (χ2n) is 7.16. The molecule has 2 saturated heterocycles. The molecule has 22 heavy (non-hydrogen) atoms. The molecule has 0 spiro atoms. The first kappa shape index (κ1) is 18.1. The van der Waals surface area contributed by atoms with Crippen LogP contribution in [0.25, 0.3) is 0 Å². The van der Waals surface area contributed by atoms with Crippen LogP contribution in [0.1, 0.15) is 26.2 Å². The highest BCUT2D eigenvalue weighted by Gasteiger charge is 2.21. The van der Waals surface area contributed by atoms with Crippen molar-refractivity contribution in [3.05, 3.63) is 0 Å². The van der Waals surface area contributed by atoms with Crippen molar-refractivity contribution in [3.8, 4) is 0 Å². The van der Waals surface area contributed by atoms with Gasteiger partial charge in [-0.25, -0.2) is 0 Å². The van der Waals surface area contributed by atoms with Crippen LogP contribution in [0.2, 0.25) is 0 Å². The number of aliphatic hydroxyl groups is 1. The molecule has 0 aromatic carbocycles. The van der Waals surface area contributed by atoms with Crippen molar-refractivity contribution in [2.45, 2.75) is 32.3 Å². The third-order valence-corrected chi connectivity index (χ3v) is 4.92. The quantitative estimate of drug-likeness (QED) is 0.715. The molecule has 0 aromatic heterocycles. The van der Waals surface area contributed by atoms with Gasteiger partial charge in [-0.05, 0) is 65.3 Å². The van der Waals surface area contributed by atoms with Gasteiger partial charge in [0.15, 0.2) is 0 Å². The summed E-state index contributed by atoms with van der Waals surface area (Å²) in [6.07, 6.45) is 3.62. The van der Waals surface area contributed by atoms with Gasteiger partial charge in [-0.1, -0.05) is 0 Å². The van der Waals surface area contributed by atoms with Crippen molar-refractivity contribution < 1.29 is 9.84 Å². The van der Waals surface area contributed by atoms with Crippen LogP contribution in [0, 0.1) is 5.92 Å². The lowest BCUT2D eigenvalue weighted by atomic mass is 9.96. The van der Waals surface area contributed by atoms with Gasteiger partial charge in [-0.2, -0.15) is 0 Å². The minimum atomic E-state index is -0.195. The molecule has 0 aromatic rings. The van der Waals surface area contributed by atoms with E-state index in [9.17, 15) is 5.11 Å². The molecule has 2 aliphatic heterocycles. The first-order chi connectivity index (χ1) is 10.6. The summed E-state index contributed by atoms with van der Waals surface area (Å²) in [4.78, 5) is 7.43. The smallest absolute Gasteiger partial charge is 0.0639 e. The van der Waals surface area contributed by atoms with E-state index in [1.807, 2.05) is 6.92 Å². The van der Waals surface area contributed by atoms with Crippen LogP contribution in [-0.4, -0.2) is 98.5 Å². The van der Waals surface area contributed by atoms with E-state index in [2.05, 4.69) is 21.7 Å². The second kappa shape index (κ2) is 9.83. The number of β-amino-alcohol motifs (C(OH)–C–C–N with tert-alkyl or cyclic N) is 1. The van der Waals surface area contributed by atoms with Crippen molar-refractivity contribution >= 4 is 0 Å². The molecular weight excluding hydrogens is 278 g/mol. The summed E-state index contributed by atoms with van der Waals surface area (Å²) in [7, 11) is 2.27. The monoisotopic (exact) mass is 313 g/mol. The molecule has 5 heteroatoms. The van der Waals surface area contributed by atoms with E-state index >= 15 is 0 Å². The third-order valence-electron chi connectivity index (χ3n) is 4.92. The van der Waals surface area contributed by atoms with Gasteiger partial charge in [-0.3, -0.25) is 4.90 Å². The molecule has 0 aliphatic carbocycles. The Labute approximate surface area is 136 Å². The van der Waals surface area contributed by atoms with Gasteiger partial charge in [0.1, 0.15) is 0 Å². The van der Waals surface area contributed by atoms with Gasteiger partial charge in [0.05, 0.1) is 19.3 Å². The van der Waals surface area contributed by atoms with Crippen molar-refractivity contribution in [2.75, 3.05) is 72.6 Å². The first-order valence-corrected chi connectivity index (χ1v) is 9.02. The molecule has 1 atom stereocenters. The number of hydrogen-bond acceptors (Lipinski definition) is 5. The van der Waals surface area contributed by atoms with Gasteiger partial charge >= 0.3 is 0 Å². The van der Waals surface area contributed by atoms with Gasteiger partial charge < -0.3 is 19.6 Å². The van der Waals surface area contributed by atoms with E-state index in [1.54, 1.807) is 0 Å². The van der Waals surface area contributed by atoms with Crippen LogP contribution in [0.5, 0.6) is 0 Å². The van der Waals surface area contributed by atoms with Gasteiger partial charge in [-0.15, -0.1) is 0 Å². The lowest BCUT2D eigenvalue weighted by Gasteiger charge is -2.34. The van der Waals surface area contributed by atoms with Gasteiger partial charge in [0.25, 0.3) is 0 Å². The minimum absolute atomic E-state index is 0.195. The molecule has 0 amide bonds. The Hall–Kier alpha value is -0.200. The number of morpholine rings is 1. The lowest BCUT2D eigenvalue weighted by molar-refractivity contribution is 0.0360. The molecule has 130 valence electrons. The normalized spacial score (nSPS) is 24.0. The van der Waals surface area contributed by atoms with Gasteiger partial charge in [0, 0.05) is 26.2 Å². The molecular formula is C17H35N3O2. The molecule has 0 saturated carbocycles. The Morgan fingerprint density at radius 1 is 1.14 bits per heavy atom. The zero-order chi connectivity index (χ0) is 15.8. The highest BCUT2D eigenvalue weighted by molar-refractivity contribution is 4.75. The Bertz CT molecular complexity index is 288. The standard InChI is InChI=1S/C17H35N3O2/c1-16(21)14-20-8-4-17(5-9-20)15-18(2)6-3-7-19-10-12-22-13-11-19/h16-17,21H,3-15H2,1-2H3/t16-/m0/s1. The van der Waals surface area contributed by atoms with E-state index in [1.165, 1.54) is 38.9 Å². The number of piperidine rings is 1. The summed E-state index contributed by atoms with van der Waals surface area (Å²) in [6, 6.07) is 0. The number of hydrogen-bond donors (Lipinski definition) is 1. The van der Waals surface area contributed by atoms with Crippen LogP contribution in [0.4, 0.5) is 0 Å². The van der Waals surface area contributed by atoms with Crippen LogP contribution in [0.3, 0.4) is 0 Å². The number of rotatable bonds is 8. The summed E-state index contributed by atoms with van der Waals surface area (Å²) in [6.45, 7) is 12.7. The van der Waals surface area contributed by atoms with E-state index in [0.29, 0.717) is 0 Å². The Balaban J connectivity index is 1.53. The highest BCUT2D eigenvalue weighted by Crippen LogP contribution is 2.18. The summed E-state index contributed by atoms with van der Waals surface area (Å²) in [5, 5.41) is 9.46. The molecule has 1 N–H and O–H groups in total. The Kier molecular flexibility index (Phi) is 8.11. The SMILES string of the molecule is C[C@H](O)CN1CCC(CN(C)CCCN2CCOCC2)CC1. The summed E-state index contributed by atoms with van der Waals surface area (Å²) < 4.78 is 5.39. The topological polar surface area (TPSA) is 39.2 Å². The molecule has 0 bridgehead atoms. The maximum absolute atomic E-state index is 9.46. The second-order valence-corrected chi connectivity index (χ2v) is 7.16. The molecule has 2 heterocycles. The van der Waals surface area contributed by atoms with Crippen LogP contribution in [-0.2, 0) is 4.74 Å². The number of ether oxygens (including phenoxy) is 1. The molecule has 2 aliphatic rings. The Morgan fingerprint density at radius 2 is 1.82 bits per heavy atom. The van der Waals surface area contributed by atoms with Gasteiger partial charge in [0.2, 0.25) is 0 Å². The molecule has 0 radical (unpaired) electrons. The number of likely N-dealkylation sites (tertiary alicyclic amines) is 1. The lowest BCUT2D eigenvalue weighted by Crippen LogP contribution is -2.41. The fourth-order valence-corrected chi connectivity index (χ4v) is 3.65. The Morgan fingerprint density at radius 3 is 2.45 bits per heavy atom. The zero-order valence-corrected chi connectivity index (χ0v) is 14.5. The maximum Gasteiger partial charge on any atom is 0.0639 e. The summed E-state index contributed by atoms with van der Waals surface area (Å²) in [5.74, 6) is 0.832. The highest BCUT2D eigenvalue weighted by atomic mass is 16.5. The molecule has 0 unspecified atom stereocenters. The van der Waals surface area contributed by atoms with Crippen LogP contribution < -0.4 is 0 Å². The van der Waals surface area contributed by atoms with Crippen molar-refractivity contribution in [1.29, 1.82) is 0 Å². The largest absolute Gasteiger partial charge is 0.392 e. The fourth-order valence-electron chi connectivity index (χ4n) is 3.65. The fraction of sp³-hybridized carbons (Fsp3) is 1.00. The van der Waals surface area contributed by atoms with Crippen LogP contribution >= 0.6 is 0 Å². The predicted molar refractivity (Wildman–Crippen MR) is 90.2 cm³/mol. The first-order valence-electron chi connectivity index (χ1n) is 9.02. The van der Waals surface area contributed by atoms with Crippen LogP contribution in [0.15, 0.2) is 0 Å².